The molecule has 17 heavy (non-hydrogen) atoms. The Morgan fingerprint density at radius 2 is 1.76 bits per heavy atom. The van der Waals surface area contributed by atoms with Crippen LogP contribution in [0.25, 0.3) is 0 Å². The lowest BCUT2D eigenvalue weighted by Crippen LogP contribution is -2.24. The third-order valence-electron chi connectivity index (χ3n) is 3.01. The van der Waals surface area contributed by atoms with Crippen LogP contribution in [0.4, 0.5) is 0 Å². The van der Waals surface area contributed by atoms with Crippen molar-refractivity contribution < 1.29 is 0 Å². The first-order chi connectivity index (χ1) is 8.18. The molecule has 2 atom stereocenters. The van der Waals surface area contributed by atoms with Gasteiger partial charge in [-0.1, -0.05) is 0 Å². The highest BCUT2D eigenvalue weighted by molar-refractivity contribution is 5.15. The minimum absolute atomic E-state index is 0.269. The van der Waals surface area contributed by atoms with Gasteiger partial charge in [0.25, 0.3) is 0 Å². The minimum Gasteiger partial charge on any atom is -0.302 e. The average molecular weight is 230 g/mol. The molecule has 2 heterocycles. The molecular weight excluding hydrogens is 212 g/mol. The number of nitrogens with zero attached hydrogens (tertiary/aromatic N) is 3. The van der Waals surface area contributed by atoms with Gasteiger partial charge in [-0.05, 0) is 37.6 Å². The first-order valence-electron chi connectivity index (χ1n) is 5.82. The van der Waals surface area contributed by atoms with Gasteiger partial charge in [-0.2, -0.15) is 5.10 Å². The highest BCUT2D eigenvalue weighted by atomic mass is 15.3. The van der Waals surface area contributed by atoms with E-state index in [1.807, 2.05) is 48.5 Å². The lowest BCUT2D eigenvalue weighted by molar-refractivity contribution is 0.469. The van der Waals surface area contributed by atoms with Crippen LogP contribution in [0.3, 0.4) is 0 Å². The van der Waals surface area contributed by atoms with E-state index >= 15 is 0 Å². The first-order valence-corrected chi connectivity index (χ1v) is 5.82. The molecule has 0 radical (unpaired) electrons. The molecule has 0 spiro atoms. The van der Waals surface area contributed by atoms with Crippen molar-refractivity contribution >= 4 is 0 Å². The summed E-state index contributed by atoms with van der Waals surface area (Å²) in [6.07, 6.45) is 5.47. The summed E-state index contributed by atoms with van der Waals surface area (Å²) in [7, 11) is 1.96. The molecular formula is C13H18N4. The maximum absolute atomic E-state index is 4.18. The van der Waals surface area contributed by atoms with Gasteiger partial charge in [0.05, 0.1) is 5.69 Å². The fourth-order valence-corrected chi connectivity index (χ4v) is 2.02. The Morgan fingerprint density at radius 1 is 1.06 bits per heavy atom. The van der Waals surface area contributed by atoms with Crippen LogP contribution < -0.4 is 5.32 Å². The van der Waals surface area contributed by atoms with Crippen molar-refractivity contribution in [1.29, 1.82) is 0 Å². The van der Waals surface area contributed by atoms with Gasteiger partial charge in [-0.15, -0.1) is 0 Å². The zero-order valence-electron chi connectivity index (χ0n) is 10.5. The molecule has 1 N–H and O–H groups in total. The molecule has 90 valence electrons. The minimum atomic E-state index is 0.269. The lowest BCUT2D eigenvalue weighted by atomic mass is 10.1. The fourth-order valence-electron chi connectivity index (χ4n) is 2.02. The second-order valence-electron chi connectivity index (χ2n) is 4.27. The highest BCUT2D eigenvalue weighted by Crippen LogP contribution is 2.17. The fraction of sp³-hybridized carbons (Fsp3) is 0.385. The Labute approximate surface area is 102 Å². The van der Waals surface area contributed by atoms with Crippen molar-refractivity contribution in [2.45, 2.75) is 25.9 Å². The van der Waals surface area contributed by atoms with E-state index in [1.54, 1.807) is 0 Å². The maximum atomic E-state index is 4.18. The van der Waals surface area contributed by atoms with Crippen molar-refractivity contribution in [2.75, 3.05) is 0 Å². The SMILES string of the molecule is CC(N[C@@H](C)c1ccncc1)c1ccnn1C. The summed E-state index contributed by atoms with van der Waals surface area (Å²) in [6.45, 7) is 4.30. The summed E-state index contributed by atoms with van der Waals surface area (Å²) in [6, 6.07) is 6.67. The predicted octanol–water partition coefficient (Wildman–Crippen LogP) is 2.23. The van der Waals surface area contributed by atoms with Crippen LogP contribution in [-0.4, -0.2) is 14.8 Å². The molecule has 0 saturated carbocycles. The molecule has 0 aliphatic heterocycles. The van der Waals surface area contributed by atoms with Gasteiger partial charge in [0.1, 0.15) is 0 Å². The van der Waals surface area contributed by atoms with Gasteiger partial charge < -0.3 is 5.32 Å². The number of aryl methyl sites for hydroxylation is 1. The van der Waals surface area contributed by atoms with Crippen molar-refractivity contribution in [3.8, 4) is 0 Å². The summed E-state index contributed by atoms with van der Waals surface area (Å²) in [5.74, 6) is 0. The first kappa shape index (κ1) is 11.8. The van der Waals surface area contributed by atoms with E-state index in [-0.39, 0.29) is 6.04 Å². The summed E-state index contributed by atoms with van der Waals surface area (Å²) in [5.41, 5.74) is 2.43. The van der Waals surface area contributed by atoms with E-state index in [0.29, 0.717) is 6.04 Å². The van der Waals surface area contributed by atoms with Crippen molar-refractivity contribution in [3.05, 3.63) is 48.0 Å². The predicted molar refractivity (Wildman–Crippen MR) is 67.4 cm³/mol. The zero-order valence-corrected chi connectivity index (χ0v) is 10.5. The van der Waals surface area contributed by atoms with Crippen LogP contribution in [0.1, 0.15) is 37.2 Å². The number of hydrogen-bond donors (Lipinski definition) is 1. The second-order valence-corrected chi connectivity index (χ2v) is 4.27. The molecule has 2 aromatic heterocycles. The van der Waals surface area contributed by atoms with E-state index in [1.165, 1.54) is 11.3 Å². The van der Waals surface area contributed by atoms with E-state index in [0.717, 1.165) is 0 Å². The van der Waals surface area contributed by atoms with Crippen molar-refractivity contribution in [3.63, 3.8) is 0 Å². The Bertz CT molecular complexity index is 463. The van der Waals surface area contributed by atoms with Gasteiger partial charge in [-0.25, -0.2) is 0 Å². The molecule has 0 aromatic carbocycles. The Kier molecular flexibility index (Phi) is 3.54. The van der Waals surface area contributed by atoms with E-state index in [4.69, 9.17) is 0 Å². The number of nitrogens with one attached hydrogen (secondary N) is 1. The molecule has 0 amide bonds. The van der Waals surface area contributed by atoms with Crippen LogP contribution >= 0.6 is 0 Å². The van der Waals surface area contributed by atoms with Crippen LogP contribution in [0.5, 0.6) is 0 Å². The molecule has 4 heteroatoms. The molecule has 0 aliphatic carbocycles. The van der Waals surface area contributed by atoms with Crippen LogP contribution in [0.15, 0.2) is 36.8 Å². The van der Waals surface area contributed by atoms with Gasteiger partial charge in [0.15, 0.2) is 0 Å². The van der Waals surface area contributed by atoms with Crippen LogP contribution in [0.2, 0.25) is 0 Å². The summed E-state index contributed by atoms with van der Waals surface area (Å²) >= 11 is 0. The van der Waals surface area contributed by atoms with E-state index in [2.05, 4.69) is 29.2 Å². The van der Waals surface area contributed by atoms with Gasteiger partial charge in [0, 0.05) is 37.7 Å². The lowest BCUT2D eigenvalue weighted by Gasteiger charge is -2.20. The van der Waals surface area contributed by atoms with Crippen LogP contribution in [-0.2, 0) is 7.05 Å². The normalized spacial score (nSPS) is 14.5. The van der Waals surface area contributed by atoms with Gasteiger partial charge >= 0.3 is 0 Å². The summed E-state index contributed by atoms with van der Waals surface area (Å²) < 4.78 is 1.90. The Balaban J connectivity index is 2.05. The van der Waals surface area contributed by atoms with E-state index < -0.39 is 0 Å². The molecule has 0 fully saturated rings. The molecule has 2 aromatic rings. The summed E-state index contributed by atoms with van der Waals surface area (Å²) in [4.78, 5) is 4.03. The maximum Gasteiger partial charge on any atom is 0.0547 e. The number of aromatic nitrogens is 3. The topological polar surface area (TPSA) is 42.7 Å². The van der Waals surface area contributed by atoms with Crippen LogP contribution in [0, 0.1) is 0 Å². The standard InChI is InChI=1S/C13H18N4/c1-10(12-4-7-14-8-5-12)16-11(2)13-6-9-15-17(13)3/h4-11,16H,1-3H3/t10-,11?/m0/s1. The Hall–Kier alpha value is -1.68. The van der Waals surface area contributed by atoms with Crippen molar-refractivity contribution in [2.24, 2.45) is 7.05 Å². The summed E-state index contributed by atoms with van der Waals surface area (Å²) in [5, 5.41) is 7.74. The highest BCUT2D eigenvalue weighted by Gasteiger charge is 2.13. The number of rotatable bonds is 4. The molecule has 4 nitrogen and oxygen atoms in total. The van der Waals surface area contributed by atoms with Crippen molar-refractivity contribution in [1.82, 2.24) is 20.1 Å². The molecule has 0 bridgehead atoms. The third-order valence-corrected chi connectivity index (χ3v) is 3.01. The van der Waals surface area contributed by atoms with Gasteiger partial charge in [0.2, 0.25) is 0 Å². The molecule has 0 aliphatic rings. The van der Waals surface area contributed by atoms with Gasteiger partial charge in [-0.3, -0.25) is 9.67 Å². The molecule has 2 rings (SSSR count). The number of hydrogen-bond acceptors (Lipinski definition) is 3. The quantitative estimate of drug-likeness (QED) is 0.875. The largest absolute Gasteiger partial charge is 0.302 e. The number of pyridine rings is 1. The third kappa shape index (κ3) is 2.71. The zero-order chi connectivity index (χ0) is 12.3. The monoisotopic (exact) mass is 230 g/mol. The molecule has 0 saturated heterocycles. The average Bonchev–Trinajstić information content (AvgIpc) is 2.76. The molecule has 1 unspecified atom stereocenters. The Morgan fingerprint density at radius 3 is 2.35 bits per heavy atom. The smallest absolute Gasteiger partial charge is 0.0547 e. The second kappa shape index (κ2) is 5.10. The van der Waals surface area contributed by atoms with E-state index in [9.17, 15) is 0 Å².